The molecule has 1 N–H and O–H groups in total. The number of piperidine rings is 1. The van der Waals surface area contributed by atoms with Crippen molar-refractivity contribution in [2.45, 2.75) is 39.0 Å². The Bertz CT molecular complexity index is 395. The molecule has 1 amide bonds. The largest absolute Gasteiger partial charge is 0.356 e. The Morgan fingerprint density at radius 2 is 2.15 bits per heavy atom. The molecule has 0 saturated carbocycles. The number of rotatable bonds is 8. The first-order valence-electron chi connectivity index (χ1n) is 7.57. The molecule has 118 valence electrons. The maximum Gasteiger partial charge on any atom is 0.219 e. The Labute approximate surface area is 123 Å². The van der Waals surface area contributed by atoms with E-state index in [1.54, 1.807) is 0 Å². The van der Waals surface area contributed by atoms with Crippen LogP contribution in [0.25, 0.3) is 0 Å². The third-order valence-corrected chi connectivity index (χ3v) is 4.69. The molecule has 1 heterocycles. The van der Waals surface area contributed by atoms with Gasteiger partial charge in [0.15, 0.2) is 0 Å². The van der Waals surface area contributed by atoms with Gasteiger partial charge in [0.1, 0.15) is 9.84 Å². The summed E-state index contributed by atoms with van der Waals surface area (Å²) in [5, 5.41) is 2.99. The lowest BCUT2D eigenvalue weighted by atomic mass is 9.98. The molecule has 1 aliphatic rings. The molecule has 1 aliphatic heterocycles. The number of hydrogen-bond acceptors (Lipinski definition) is 4. The smallest absolute Gasteiger partial charge is 0.219 e. The number of hydrogen-bond donors (Lipinski definition) is 1. The fourth-order valence-electron chi connectivity index (χ4n) is 2.64. The van der Waals surface area contributed by atoms with Gasteiger partial charge in [-0.05, 0) is 44.7 Å². The lowest BCUT2D eigenvalue weighted by molar-refractivity contribution is -0.121. The molecular formula is C14H28N2O3S. The van der Waals surface area contributed by atoms with Gasteiger partial charge in [0.2, 0.25) is 5.91 Å². The number of carbonyl (C=O) groups is 1. The van der Waals surface area contributed by atoms with Gasteiger partial charge in [-0.3, -0.25) is 4.79 Å². The third kappa shape index (κ3) is 7.85. The van der Waals surface area contributed by atoms with Crippen molar-refractivity contribution in [2.24, 2.45) is 5.92 Å². The first-order chi connectivity index (χ1) is 9.40. The predicted octanol–water partition coefficient (Wildman–Crippen LogP) is 1.05. The highest BCUT2D eigenvalue weighted by Gasteiger charge is 2.20. The quantitative estimate of drug-likeness (QED) is 0.728. The average molecular weight is 304 g/mol. The molecule has 1 rings (SSSR count). The second-order valence-electron chi connectivity index (χ2n) is 5.85. The summed E-state index contributed by atoms with van der Waals surface area (Å²) < 4.78 is 22.2. The highest BCUT2D eigenvalue weighted by molar-refractivity contribution is 7.90. The number of likely N-dealkylation sites (tertiary alicyclic amines) is 1. The maximum absolute atomic E-state index is 11.5. The fourth-order valence-corrected chi connectivity index (χ4v) is 3.30. The Morgan fingerprint density at radius 1 is 1.40 bits per heavy atom. The molecule has 0 aromatic rings. The zero-order chi connectivity index (χ0) is 15.0. The highest BCUT2D eigenvalue weighted by Crippen LogP contribution is 2.16. The second kappa shape index (κ2) is 8.62. The summed E-state index contributed by atoms with van der Waals surface area (Å²) >= 11 is 0. The first-order valence-corrected chi connectivity index (χ1v) is 9.63. The fraction of sp³-hybridized carbons (Fsp3) is 0.929. The van der Waals surface area contributed by atoms with Crippen LogP contribution in [0.1, 0.15) is 39.0 Å². The van der Waals surface area contributed by atoms with Gasteiger partial charge in [0, 0.05) is 25.8 Å². The van der Waals surface area contributed by atoms with Gasteiger partial charge in [-0.25, -0.2) is 8.42 Å². The summed E-state index contributed by atoms with van der Waals surface area (Å²) in [6.45, 7) is 5.61. The van der Waals surface area contributed by atoms with Crippen LogP contribution >= 0.6 is 0 Å². The minimum absolute atomic E-state index is 0.140. The van der Waals surface area contributed by atoms with E-state index in [0.717, 1.165) is 45.4 Å². The van der Waals surface area contributed by atoms with Gasteiger partial charge in [0.25, 0.3) is 0 Å². The van der Waals surface area contributed by atoms with Crippen LogP contribution in [0.2, 0.25) is 0 Å². The van der Waals surface area contributed by atoms with Gasteiger partial charge >= 0.3 is 0 Å². The molecule has 0 aliphatic carbocycles. The van der Waals surface area contributed by atoms with Gasteiger partial charge < -0.3 is 10.2 Å². The Morgan fingerprint density at radius 3 is 2.80 bits per heavy atom. The molecule has 1 fully saturated rings. The van der Waals surface area contributed by atoms with Crippen LogP contribution in [0.3, 0.4) is 0 Å². The molecule has 0 radical (unpaired) electrons. The third-order valence-electron chi connectivity index (χ3n) is 3.66. The number of nitrogens with zero attached hydrogens (tertiary/aromatic N) is 1. The van der Waals surface area contributed by atoms with Crippen molar-refractivity contribution in [1.29, 1.82) is 0 Å². The molecule has 6 heteroatoms. The van der Waals surface area contributed by atoms with E-state index < -0.39 is 9.84 Å². The molecule has 1 saturated heterocycles. The van der Waals surface area contributed by atoms with E-state index in [1.165, 1.54) is 6.26 Å². The van der Waals surface area contributed by atoms with Crippen LogP contribution in [-0.2, 0) is 14.6 Å². The molecule has 1 unspecified atom stereocenters. The van der Waals surface area contributed by atoms with E-state index in [1.807, 2.05) is 6.92 Å². The average Bonchev–Trinajstić information content (AvgIpc) is 2.36. The Hall–Kier alpha value is -0.620. The van der Waals surface area contributed by atoms with E-state index in [9.17, 15) is 13.2 Å². The van der Waals surface area contributed by atoms with Crippen LogP contribution in [0.15, 0.2) is 0 Å². The summed E-state index contributed by atoms with van der Waals surface area (Å²) in [6.07, 6.45) is 5.75. The van der Waals surface area contributed by atoms with E-state index in [0.29, 0.717) is 18.8 Å². The van der Waals surface area contributed by atoms with Crippen molar-refractivity contribution in [3.05, 3.63) is 0 Å². The second-order valence-corrected chi connectivity index (χ2v) is 8.11. The lowest BCUT2D eigenvalue weighted by Gasteiger charge is -2.32. The summed E-state index contributed by atoms with van der Waals surface area (Å²) in [5.74, 6) is 0.908. The summed E-state index contributed by atoms with van der Waals surface area (Å²) in [6, 6.07) is 0. The van der Waals surface area contributed by atoms with E-state index >= 15 is 0 Å². The monoisotopic (exact) mass is 304 g/mol. The van der Waals surface area contributed by atoms with Crippen LogP contribution in [0.5, 0.6) is 0 Å². The van der Waals surface area contributed by atoms with Gasteiger partial charge in [0.05, 0.1) is 5.75 Å². The first kappa shape index (κ1) is 17.4. The molecule has 0 bridgehead atoms. The van der Waals surface area contributed by atoms with Crippen molar-refractivity contribution < 1.29 is 13.2 Å². The summed E-state index contributed by atoms with van der Waals surface area (Å²) in [7, 11) is -2.85. The number of sulfone groups is 1. The highest BCUT2D eigenvalue weighted by atomic mass is 32.2. The van der Waals surface area contributed by atoms with Gasteiger partial charge in [-0.2, -0.15) is 0 Å². The van der Waals surface area contributed by atoms with E-state index in [-0.39, 0.29) is 11.7 Å². The summed E-state index contributed by atoms with van der Waals surface area (Å²) in [4.78, 5) is 13.8. The van der Waals surface area contributed by atoms with Gasteiger partial charge in [-0.1, -0.05) is 6.92 Å². The van der Waals surface area contributed by atoms with Crippen LogP contribution < -0.4 is 5.32 Å². The standard InChI is InChI=1S/C14H28N2O3S/c1-3-6-14(17)15-11-13-7-4-8-16(12-13)9-5-10-20(2,18)19/h13H,3-12H2,1-2H3,(H,15,17). The van der Waals surface area contributed by atoms with Crippen molar-refractivity contribution in [2.75, 3.05) is 38.2 Å². The van der Waals surface area contributed by atoms with Crippen LogP contribution in [0, 0.1) is 5.92 Å². The topological polar surface area (TPSA) is 66.5 Å². The molecule has 0 aromatic carbocycles. The van der Waals surface area contributed by atoms with Gasteiger partial charge in [-0.15, -0.1) is 0 Å². The number of nitrogens with one attached hydrogen (secondary N) is 1. The van der Waals surface area contributed by atoms with Crippen molar-refractivity contribution in [1.82, 2.24) is 10.2 Å². The molecule has 5 nitrogen and oxygen atoms in total. The number of carbonyl (C=O) groups excluding carboxylic acids is 1. The zero-order valence-electron chi connectivity index (χ0n) is 12.7. The maximum atomic E-state index is 11.5. The van der Waals surface area contributed by atoms with Crippen LogP contribution in [-0.4, -0.2) is 57.4 Å². The summed E-state index contributed by atoms with van der Waals surface area (Å²) in [5.41, 5.74) is 0. The number of amides is 1. The lowest BCUT2D eigenvalue weighted by Crippen LogP contribution is -2.41. The Kier molecular flexibility index (Phi) is 7.51. The minimum Gasteiger partial charge on any atom is -0.356 e. The SMILES string of the molecule is CCCC(=O)NCC1CCCN(CCCS(C)(=O)=O)C1. The van der Waals surface area contributed by atoms with Crippen molar-refractivity contribution in [3.8, 4) is 0 Å². The van der Waals surface area contributed by atoms with E-state index in [4.69, 9.17) is 0 Å². The molecule has 0 spiro atoms. The van der Waals surface area contributed by atoms with Crippen molar-refractivity contribution in [3.63, 3.8) is 0 Å². The molecule has 0 aromatic heterocycles. The zero-order valence-corrected chi connectivity index (χ0v) is 13.5. The predicted molar refractivity (Wildman–Crippen MR) is 81.4 cm³/mol. The van der Waals surface area contributed by atoms with Crippen molar-refractivity contribution >= 4 is 15.7 Å². The molecule has 20 heavy (non-hydrogen) atoms. The molecule has 1 atom stereocenters. The Balaban J connectivity index is 2.23. The van der Waals surface area contributed by atoms with Crippen LogP contribution in [0.4, 0.5) is 0 Å². The minimum atomic E-state index is -2.85. The normalized spacial score (nSPS) is 20.8. The van der Waals surface area contributed by atoms with E-state index in [2.05, 4.69) is 10.2 Å². The molecular weight excluding hydrogens is 276 g/mol.